The van der Waals surface area contributed by atoms with Crippen LogP contribution in [0.3, 0.4) is 0 Å². The SMILES string of the molecule is CC.Cc1cccc(CCc2cc3c(=O)c(C(=O)O)cn4c3c(c2)n4C)c1F. The number of rotatable bonds is 4. The van der Waals surface area contributed by atoms with E-state index in [2.05, 4.69) is 0 Å². The van der Waals surface area contributed by atoms with Crippen LogP contribution in [0.4, 0.5) is 4.39 Å². The number of aromatic carboxylic acids is 1. The third-order valence-electron chi connectivity index (χ3n) is 4.98. The fourth-order valence-electron chi connectivity index (χ4n) is 3.51. The van der Waals surface area contributed by atoms with Gasteiger partial charge < -0.3 is 5.11 Å². The van der Waals surface area contributed by atoms with Gasteiger partial charge in [-0.05, 0) is 48.6 Å². The maximum atomic E-state index is 14.2. The van der Waals surface area contributed by atoms with Gasteiger partial charge in [-0.25, -0.2) is 9.18 Å². The molecular weight excluding hydrogens is 359 g/mol. The zero-order valence-electron chi connectivity index (χ0n) is 16.4. The summed E-state index contributed by atoms with van der Waals surface area (Å²) in [6, 6.07) is 9.02. The van der Waals surface area contributed by atoms with Gasteiger partial charge in [0.25, 0.3) is 0 Å². The predicted octanol–water partition coefficient (Wildman–Crippen LogP) is 4.19. The molecule has 4 aromatic rings. The van der Waals surface area contributed by atoms with Crippen LogP contribution in [-0.2, 0) is 19.9 Å². The van der Waals surface area contributed by atoms with Crippen LogP contribution in [0.5, 0.6) is 0 Å². The predicted molar refractivity (Wildman–Crippen MR) is 108 cm³/mol. The van der Waals surface area contributed by atoms with Gasteiger partial charge in [0.2, 0.25) is 5.43 Å². The average Bonchev–Trinajstić information content (AvgIpc) is 2.70. The van der Waals surface area contributed by atoms with Crippen molar-refractivity contribution in [3.63, 3.8) is 0 Å². The second-order valence-electron chi connectivity index (χ2n) is 6.60. The summed E-state index contributed by atoms with van der Waals surface area (Å²) in [6.45, 7) is 5.73. The fourth-order valence-corrected chi connectivity index (χ4v) is 3.51. The summed E-state index contributed by atoms with van der Waals surface area (Å²) in [4.78, 5) is 23.8. The maximum Gasteiger partial charge on any atom is 0.341 e. The second-order valence-corrected chi connectivity index (χ2v) is 6.60. The highest BCUT2D eigenvalue weighted by Crippen LogP contribution is 2.26. The van der Waals surface area contributed by atoms with E-state index in [4.69, 9.17) is 0 Å². The Hall–Kier alpha value is -3.15. The molecule has 1 N–H and O–H groups in total. The molecule has 0 spiro atoms. The normalized spacial score (nSPS) is 11.0. The largest absolute Gasteiger partial charge is 0.477 e. The van der Waals surface area contributed by atoms with Crippen LogP contribution in [0.1, 0.15) is 40.9 Å². The Morgan fingerprint density at radius 3 is 2.57 bits per heavy atom. The first-order valence-corrected chi connectivity index (χ1v) is 9.32. The molecule has 0 aliphatic heterocycles. The molecule has 5 nitrogen and oxygen atoms in total. The van der Waals surface area contributed by atoms with Crippen LogP contribution in [0.15, 0.2) is 41.3 Å². The molecule has 0 atom stereocenters. The first kappa shape index (κ1) is 19.6. The van der Waals surface area contributed by atoms with Crippen molar-refractivity contribution in [1.29, 1.82) is 0 Å². The molecule has 28 heavy (non-hydrogen) atoms. The summed E-state index contributed by atoms with van der Waals surface area (Å²) in [5, 5.41) is 9.65. The van der Waals surface area contributed by atoms with E-state index in [-0.39, 0.29) is 11.4 Å². The minimum Gasteiger partial charge on any atom is -0.477 e. The number of halogens is 1. The minimum atomic E-state index is -1.24. The van der Waals surface area contributed by atoms with E-state index in [0.29, 0.717) is 29.4 Å². The summed E-state index contributed by atoms with van der Waals surface area (Å²) >= 11 is 0. The van der Waals surface area contributed by atoms with Crippen LogP contribution in [-0.4, -0.2) is 20.3 Å². The first-order chi connectivity index (χ1) is 13.4. The average molecular weight is 382 g/mol. The molecule has 2 aromatic heterocycles. The molecule has 2 heterocycles. The quantitative estimate of drug-likeness (QED) is 0.576. The third kappa shape index (κ3) is 3.05. The van der Waals surface area contributed by atoms with Crippen molar-refractivity contribution in [2.24, 2.45) is 7.05 Å². The molecule has 0 aliphatic carbocycles. The molecule has 0 fully saturated rings. The number of carboxylic acid groups (broad SMARTS) is 1. The number of carboxylic acids is 1. The summed E-state index contributed by atoms with van der Waals surface area (Å²) in [7, 11) is 1.81. The Morgan fingerprint density at radius 2 is 1.89 bits per heavy atom. The van der Waals surface area contributed by atoms with Crippen molar-refractivity contribution < 1.29 is 14.3 Å². The van der Waals surface area contributed by atoms with Gasteiger partial charge in [-0.2, -0.15) is 0 Å². The Bertz CT molecular complexity index is 1220. The van der Waals surface area contributed by atoms with Gasteiger partial charge >= 0.3 is 5.97 Å². The van der Waals surface area contributed by atoms with E-state index in [0.717, 1.165) is 16.6 Å². The van der Waals surface area contributed by atoms with Crippen molar-refractivity contribution in [1.82, 2.24) is 9.20 Å². The Balaban J connectivity index is 0.00000109. The zero-order valence-corrected chi connectivity index (χ0v) is 16.4. The van der Waals surface area contributed by atoms with Gasteiger partial charge in [-0.3, -0.25) is 14.0 Å². The number of pyridine rings is 1. The van der Waals surface area contributed by atoms with Crippen molar-refractivity contribution >= 4 is 22.4 Å². The lowest BCUT2D eigenvalue weighted by Gasteiger charge is -2.21. The van der Waals surface area contributed by atoms with Gasteiger partial charge in [0.1, 0.15) is 11.4 Å². The molecule has 4 rings (SSSR count). The molecule has 0 aliphatic rings. The highest BCUT2D eigenvalue weighted by atomic mass is 19.1. The van der Waals surface area contributed by atoms with E-state index in [9.17, 15) is 19.1 Å². The van der Waals surface area contributed by atoms with Crippen molar-refractivity contribution in [3.05, 3.63) is 74.8 Å². The van der Waals surface area contributed by atoms with Crippen LogP contribution < -0.4 is 5.43 Å². The lowest BCUT2D eigenvalue weighted by atomic mass is 9.99. The zero-order chi connectivity index (χ0) is 20.6. The molecule has 2 aromatic carbocycles. The minimum absolute atomic E-state index is 0.201. The smallest absolute Gasteiger partial charge is 0.341 e. The highest BCUT2D eigenvalue weighted by molar-refractivity contribution is 6.00. The number of benzene rings is 2. The number of nitrogens with zero attached hydrogens (tertiary/aromatic N) is 2. The molecule has 0 saturated heterocycles. The van der Waals surface area contributed by atoms with Gasteiger partial charge in [0.05, 0.1) is 16.4 Å². The molecule has 0 radical (unpaired) electrons. The molecule has 0 bridgehead atoms. The number of hydrogen-bond acceptors (Lipinski definition) is 2. The number of hydrogen-bond donors (Lipinski definition) is 1. The number of carbonyl (C=O) groups is 1. The van der Waals surface area contributed by atoms with Crippen LogP contribution >= 0.6 is 0 Å². The van der Waals surface area contributed by atoms with E-state index < -0.39 is 11.4 Å². The van der Waals surface area contributed by atoms with E-state index in [1.165, 1.54) is 6.20 Å². The van der Waals surface area contributed by atoms with Crippen LogP contribution in [0.25, 0.3) is 16.4 Å². The van der Waals surface area contributed by atoms with Crippen molar-refractivity contribution in [2.45, 2.75) is 33.6 Å². The monoisotopic (exact) mass is 382 g/mol. The fraction of sp³-hybridized carbons (Fsp3) is 0.273. The second kappa shape index (κ2) is 7.46. The lowest BCUT2D eigenvalue weighted by Crippen LogP contribution is -2.24. The van der Waals surface area contributed by atoms with Gasteiger partial charge in [0.15, 0.2) is 0 Å². The van der Waals surface area contributed by atoms with E-state index in [1.807, 2.05) is 33.0 Å². The highest BCUT2D eigenvalue weighted by Gasteiger charge is 2.20. The summed E-state index contributed by atoms with van der Waals surface area (Å²) < 4.78 is 17.7. The molecule has 146 valence electrons. The maximum absolute atomic E-state index is 14.2. The first-order valence-electron chi connectivity index (χ1n) is 9.32. The Kier molecular flexibility index (Phi) is 5.23. The molecule has 6 heteroatoms. The molecular formula is C22H23FN2O3. The van der Waals surface area contributed by atoms with Crippen LogP contribution in [0.2, 0.25) is 0 Å². The summed E-state index contributed by atoms with van der Waals surface area (Å²) in [5.74, 6) is -1.44. The Morgan fingerprint density at radius 1 is 1.18 bits per heavy atom. The van der Waals surface area contributed by atoms with Gasteiger partial charge in [0, 0.05) is 13.2 Å². The van der Waals surface area contributed by atoms with E-state index in [1.54, 1.807) is 34.3 Å². The lowest BCUT2D eigenvalue weighted by molar-refractivity contribution is 0.0695. The summed E-state index contributed by atoms with van der Waals surface area (Å²) in [5.41, 5.74) is 2.99. The van der Waals surface area contributed by atoms with Gasteiger partial charge in [-0.15, -0.1) is 0 Å². The molecule has 0 unspecified atom stereocenters. The van der Waals surface area contributed by atoms with Crippen molar-refractivity contribution in [2.75, 3.05) is 0 Å². The number of aryl methyl sites for hydroxylation is 4. The van der Waals surface area contributed by atoms with E-state index >= 15 is 0 Å². The topological polar surface area (TPSA) is 63.7 Å². The standard InChI is InChI=1S/C20H17FN2O3.C2H6/c1-11-4-3-5-13(17(11)21)7-6-12-8-14-18-16(9-12)22(2)23(18)10-15(19(14)24)20(25)26;1-2/h3-5,8-10H,6-7H2,1-2H3,(H,25,26);1-2H3. The van der Waals surface area contributed by atoms with Gasteiger partial charge in [-0.1, -0.05) is 32.0 Å². The van der Waals surface area contributed by atoms with Crippen molar-refractivity contribution in [3.8, 4) is 0 Å². The summed E-state index contributed by atoms with van der Waals surface area (Å²) in [6.07, 6.45) is 2.42. The third-order valence-corrected chi connectivity index (χ3v) is 4.98. The Labute approximate surface area is 162 Å². The molecule has 0 amide bonds. The molecule has 0 saturated carbocycles. The number of aromatic nitrogens is 2. The van der Waals surface area contributed by atoms with Crippen LogP contribution in [0, 0.1) is 12.7 Å².